The third kappa shape index (κ3) is 1.80. The first kappa shape index (κ1) is 12.9. The molecular formula is C13H13N3O3. The predicted octanol–water partition coefficient (Wildman–Crippen LogP) is 0.809. The van der Waals surface area contributed by atoms with Crippen LogP contribution in [0.1, 0.15) is 30.7 Å². The van der Waals surface area contributed by atoms with Crippen molar-refractivity contribution in [3.8, 4) is 11.9 Å². The molecule has 2 rings (SSSR count). The van der Waals surface area contributed by atoms with E-state index in [0.717, 1.165) is 24.0 Å². The number of nitrogens with zero attached hydrogens (tertiary/aromatic N) is 3. The second-order valence-corrected chi connectivity index (χ2v) is 4.19. The van der Waals surface area contributed by atoms with Crippen LogP contribution in [-0.4, -0.2) is 5.11 Å². The fourth-order valence-corrected chi connectivity index (χ4v) is 2.16. The van der Waals surface area contributed by atoms with Crippen molar-refractivity contribution in [1.82, 2.24) is 0 Å². The summed E-state index contributed by atoms with van der Waals surface area (Å²) < 4.78 is 0.526. The monoisotopic (exact) mass is 259 g/mol. The van der Waals surface area contributed by atoms with Crippen molar-refractivity contribution >= 4 is 11.0 Å². The van der Waals surface area contributed by atoms with Crippen molar-refractivity contribution < 1.29 is 14.6 Å². The molecule has 98 valence electrons. The summed E-state index contributed by atoms with van der Waals surface area (Å²) in [7, 11) is 0. The van der Waals surface area contributed by atoms with Gasteiger partial charge in [-0.25, -0.2) is 0 Å². The van der Waals surface area contributed by atoms with E-state index in [1.165, 1.54) is 0 Å². The van der Waals surface area contributed by atoms with Gasteiger partial charge in [0, 0.05) is 12.1 Å². The summed E-state index contributed by atoms with van der Waals surface area (Å²) >= 11 is 0. The molecule has 0 radical (unpaired) electrons. The average Bonchev–Trinajstić information content (AvgIpc) is 2.44. The number of rotatable bonds is 2. The summed E-state index contributed by atoms with van der Waals surface area (Å²) in [5.41, 5.74) is 1.48. The minimum atomic E-state index is -0.865. The molecule has 6 heteroatoms. The Morgan fingerprint density at radius 2 is 1.58 bits per heavy atom. The lowest BCUT2D eigenvalue weighted by molar-refractivity contribution is -0.636. The van der Waals surface area contributed by atoms with E-state index < -0.39 is 11.6 Å². The fourth-order valence-electron chi connectivity index (χ4n) is 2.16. The van der Waals surface area contributed by atoms with Gasteiger partial charge in [-0.3, -0.25) is 0 Å². The molecule has 1 aromatic heterocycles. The summed E-state index contributed by atoms with van der Waals surface area (Å²) in [6.07, 6.45) is 1.44. The van der Waals surface area contributed by atoms with Crippen LogP contribution in [-0.2, 0) is 12.8 Å². The third-order valence-corrected chi connectivity index (χ3v) is 3.21. The van der Waals surface area contributed by atoms with E-state index in [1.54, 1.807) is 18.2 Å². The Hall–Kier alpha value is -2.55. The van der Waals surface area contributed by atoms with Gasteiger partial charge in [0.2, 0.25) is 0 Å². The van der Waals surface area contributed by atoms with Crippen molar-refractivity contribution in [2.45, 2.75) is 26.7 Å². The first-order chi connectivity index (χ1) is 9.04. The van der Waals surface area contributed by atoms with Crippen molar-refractivity contribution in [2.75, 3.05) is 0 Å². The molecule has 0 fully saturated rings. The first-order valence-corrected chi connectivity index (χ1v) is 5.98. The summed E-state index contributed by atoms with van der Waals surface area (Å²) in [4.78, 5) is 0. The van der Waals surface area contributed by atoms with E-state index in [1.807, 2.05) is 13.8 Å². The van der Waals surface area contributed by atoms with Gasteiger partial charge in [0.25, 0.3) is 11.0 Å². The smallest absolute Gasteiger partial charge is 0.465 e. The van der Waals surface area contributed by atoms with Gasteiger partial charge in [-0.05, 0) is 24.0 Å². The first-order valence-electron chi connectivity index (χ1n) is 5.98. The van der Waals surface area contributed by atoms with Crippen LogP contribution in [0.25, 0.3) is 11.0 Å². The molecule has 0 aliphatic carbocycles. The minimum absolute atomic E-state index is 0.0700. The maximum absolute atomic E-state index is 12.0. The van der Waals surface area contributed by atoms with Crippen LogP contribution in [0.2, 0.25) is 0 Å². The zero-order chi connectivity index (χ0) is 14.2. The van der Waals surface area contributed by atoms with E-state index in [2.05, 4.69) is 0 Å². The summed E-state index contributed by atoms with van der Waals surface area (Å²) in [5, 5.41) is 42.3. The molecular weight excluding hydrogens is 246 g/mol. The second kappa shape index (κ2) is 4.61. The van der Waals surface area contributed by atoms with Crippen molar-refractivity contribution in [3.05, 3.63) is 39.4 Å². The van der Waals surface area contributed by atoms with Crippen LogP contribution in [0.5, 0.6) is 5.88 Å². The van der Waals surface area contributed by atoms with Gasteiger partial charge < -0.3 is 15.5 Å². The number of aryl methyl sites for hydroxylation is 2. The minimum Gasteiger partial charge on any atom is -0.617 e. The highest BCUT2D eigenvalue weighted by atomic mass is 16.5. The van der Waals surface area contributed by atoms with Crippen LogP contribution < -0.4 is 9.46 Å². The summed E-state index contributed by atoms with van der Waals surface area (Å²) in [6, 6.07) is 4.74. The molecule has 0 bridgehead atoms. The lowest BCUT2D eigenvalue weighted by Crippen LogP contribution is -2.41. The van der Waals surface area contributed by atoms with Crippen molar-refractivity contribution in [1.29, 1.82) is 5.26 Å². The van der Waals surface area contributed by atoms with Gasteiger partial charge in [0.15, 0.2) is 6.07 Å². The van der Waals surface area contributed by atoms with E-state index in [0.29, 0.717) is 4.73 Å². The van der Waals surface area contributed by atoms with Gasteiger partial charge in [0.05, 0.1) is 0 Å². The molecule has 0 aliphatic rings. The Morgan fingerprint density at radius 3 is 2.00 bits per heavy atom. The van der Waals surface area contributed by atoms with Gasteiger partial charge in [0.1, 0.15) is 0 Å². The van der Waals surface area contributed by atoms with Crippen LogP contribution in [0, 0.1) is 21.7 Å². The van der Waals surface area contributed by atoms with Crippen LogP contribution in [0.4, 0.5) is 0 Å². The summed E-state index contributed by atoms with van der Waals surface area (Å²) in [5.74, 6) is -0.865. The molecule has 0 unspecified atom stereocenters. The van der Waals surface area contributed by atoms with Gasteiger partial charge in [-0.15, -0.1) is 9.46 Å². The Labute approximate surface area is 109 Å². The zero-order valence-corrected chi connectivity index (χ0v) is 10.7. The topological polar surface area (TPSA) is 97.9 Å². The standard InChI is InChI=1S/C13H13N3O3/c1-3-8-5-10-11(6-9(8)4-2)16(19)13(17)12(7-14)15(10)18/h5-6,17H,3-4H2,1-2H3. The predicted molar refractivity (Wildman–Crippen MR) is 67.0 cm³/mol. The highest BCUT2D eigenvalue weighted by molar-refractivity contribution is 5.71. The molecule has 2 aromatic rings. The van der Waals surface area contributed by atoms with Gasteiger partial charge in [-0.2, -0.15) is 5.26 Å². The number of aromatic hydroxyl groups is 1. The lowest BCUT2D eigenvalue weighted by Gasteiger charge is -2.10. The molecule has 1 N–H and O–H groups in total. The number of hydrogen-bond acceptors (Lipinski definition) is 4. The van der Waals surface area contributed by atoms with Crippen molar-refractivity contribution in [2.24, 2.45) is 0 Å². The van der Waals surface area contributed by atoms with Gasteiger partial charge in [-0.1, -0.05) is 13.8 Å². The van der Waals surface area contributed by atoms with Crippen LogP contribution >= 0.6 is 0 Å². The molecule has 0 saturated heterocycles. The van der Waals surface area contributed by atoms with Crippen molar-refractivity contribution in [3.63, 3.8) is 0 Å². The molecule has 0 atom stereocenters. The fraction of sp³-hybridized carbons (Fsp3) is 0.308. The van der Waals surface area contributed by atoms with E-state index in [4.69, 9.17) is 5.26 Å². The molecule has 1 aromatic carbocycles. The third-order valence-electron chi connectivity index (χ3n) is 3.21. The molecule has 6 nitrogen and oxygen atoms in total. The Balaban J connectivity index is 2.97. The molecule has 0 amide bonds. The molecule has 0 saturated carbocycles. The Kier molecular flexibility index (Phi) is 3.13. The lowest BCUT2D eigenvalue weighted by atomic mass is 10.0. The normalized spacial score (nSPS) is 10.6. The van der Waals surface area contributed by atoms with Gasteiger partial charge >= 0.3 is 11.6 Å². The molecule has 19 heavy (non-hydrogen) atoms. The number of benzene rings is 1. The molecule has 0 aliphatic heterocycles. The zero-order valence-electron chi connectivity index (χ0n) is 10.7. The number of aromatic nitrogens is 2. The quantitative estimate of drug-likeness (QED) is 0.637. The van der Waals surface area contributed by atoms with Crippen LogP contribution in [0.15, 0.2) is 12.1 Å². The number of nitriles is 1. The average molecular weight is 259 g/mol. The molecule has 1 heterocycles. The number of fused-ring (bicyclic) bond motifs is 1. The highest BCUT2D eigenvalue weighted by Crippen LogP contribution is 2.19. The van der Waals surface area contributed by atoms with E-state index in [-0.39, 0.29) is 15.8 Å². The molecule has 0 spiro atoms. The number of hydrogen-bond donors (Lipinski definition) is 1. The summed E-state index contributed by atoms with van der Waals surface area (Å²) in [6.45, 7) is 3.90. The Bertz CT molecular complexity index is 705. The van der Waals surface area contributed by atoms with E-state index in [9.17, 15) is 15.5 Å². The SMILES string of the molecule is CCc1cc2c(cc1CC)[n+]([O-])c(C#N)c(O)[n+]2[O-]. The largest absolute Gasteiger partial charge is 0.617 e. The second-order valence-electron chi connectivity index (χ2n) is 4.19. The van der Waals surface area contributed by atoms with E-state index >= 15 is 0 Å². The van der Waals surface area contributed by atoms with Crippen LogP contribution in [0.3, 0.4) is 0 Å². The highest BCUT2D eigenvalue weighted by Gasteiger charge is 2.28. The maximum atomic E-state index is 12.0. The maximum Gasteiger partial charge on any atom is 0.465 e. The Morgan fingerprint density at radius 1 is 1.11 bits per heavy atom.